The fraction of sp³-hybridized carbons (Fsp3) is 0.477. The van der Waals surface area contributed by atoms with Crippen LogP contribution in [-0.2, 0) is 27.9 Å². The number of pyridine rings is 1. The van der Waals surface area contributed by atoms with Gasteiger partial charge in [0, 0.05) is 43.2 Å². The van der Waals surface area contributed by atoms with Crippen molar-refractivity contribution in [3.63, 3.8) is 0 Å². The van der Waals surface area contributed by atoms with E-state index in [1.165, 1.54) is 24.8 Å². The Morgan fingerprint density at radius 3 is 2.59 bits per heavy atom. The van der Waals surface area contributed by atoms with E-state index in [1.807, 2.05) is 0 Å². The molecule has 3 aromatic carbocycles. The number of ether oxygens (including phenoxy) is 2. The number of benzene rings is 3. The number of phenols is 1. The second kappa shape index (κ2) is 17.8. The molecule has 1 aromatic heterocycles. The number of fused-ring (bicyclic) bond motifs is 4. The van der Waals surface area contributed by atoms with Gasteiger partial charge in [0.25, 0.3) is 5.91 Å². The van der Waals surface area contributed by atoms with Gasteiger partial charge in [-0.3, -0.25) is 19.3 Å². The molecule has 4 heterocycles. The molecule has 4 fully saturated rings. The highest BCUT2D eigenvalue weighted by Gasteiger charge is 2.46. The van der Waals surface area contributed by atoms with E-state index in [0.717, 1.165) is 89.4 Å². The third kappa shape index (κ3) is 8.76. The summed E-state index contributed by atoms with van der Waals surface area (Å²) in [4.78, 5) is 44.0. The van der Waals surface area contributed by atoms with E-state index in [1.54, 1.807) is 24.3 Å². The van der Waals surface area contributed by atoms with Gasteiger partial charge in [-0.05, 0) is 105 Å². The number of esters is 1. The van der Waals surface area contributed by atoms with E-state index < -0.39 is 11.5 Å². The highest BCUT2D eigenvalue weighted by Crippen LogP contribution is 2.42. The number of hydrogen-bond acceptors (Lipinski definition) is 9. The van der Waals surface area contributed by atoms with Crippen LogP contribution in [0.1, 0.15) is 96.5 Å². The lowest BCUT2D eigenvalue weighted by Crippen LogP contribution is -2.53. The molecule has 56 heavy (non-hydrogen) atoms. The summed E-state index contributed by atoms with van der Waals surface area (Å²) in [7, 11) is 1.53. The molecule has 0 spiro atoms. The van der Waals surface area contributed by atoms with Gasteiger partial charge in [0.15, 0.2) is 0 Å². The maximum atomic E-state index is 14.0. The fourth-order valence-corrected chi connectivity index (χ4v) is 9.21. The number of aromatic amines is 1. The number of aryl methyl sites for hydroxylation is 1. The lowest BCUT2D eigenvalue weighted by molar-refractivity contribution is -0.167. The highest BCUT2D eigenvalue weighted by molar-refractivity contribution is 6.34. The Morgan fingerprint density at radius 2 is 1.84 bits per heavy atom. The van der Waals surface area contributed by atoms with Crippen LogP contribution in [0.25, 0.3) is 10.9 Å². The van der Waals surface area contributed by atoms with Gasteiger partial charge in [-0.1, -0.05) is 61.2 Å². The van der Waals surface area contributed by atoms with E-state index in [4.69, 9.17) is 21.1 Å². The normalized spacial score (nSPS) is 20.7. The van der Waals surface area contributed by atoms with Gasteiger partial charge < -0.3 is 35.3 Å². The number of H-pyrrole nitrogens is 1. The van der Waals surface area contributed by atoms with Crippen LogP contribution in [0.3, 0.4) is 0 Å². The molecular weight excluding hydrogens is 732 g/mol. The summed E-state index contributed by atoms with van der Waals surface area (Å²) in [6, 6.07) is 17.8. The van der Waals surface area contributed by atoms with Crippen molar-refractivity contribution in [2.45, 2.75) is 88.4 Å². The van der Waals surface area contributed by atoms with E-state index >= 15 is 0 Å². The largest absolute Gasteiger partial charge is 0.506 e. The number of aliphatic hydroxyl groups excluding tert-OH is 1. The summed E-state index contributed by atoms with van der Waals surface area (Å²) in [6.45, 7) is 4.05. The molecule has 2 bridgehead atoms. The zero-order valence-electron chi connectivity index (χ0n) is 32.1. The Kier molecular flexibility index (Phi) is 12.7. The predicted molar refractivity (Wildman–Crippen MR) is 216 cm³/mol. The Hall–Kier alpha value is -4.42. The highest BCUT2D eigenvalue weighted by atomic mass is 35.5. The Bertz CT molecular complexity index is 2090. The summed E-state index contributed by atoms with van der Waals surface area (Å²) >= 11 is 6.61. The number of carbonyl (C=O) groups is 2. The maximum absolute atomic E-state index is 14.0. The number of nitrogens with zero attached hydrogens (tertiary/aromatic N) is 1. The SMILES string of the molecule is COc1cc(C(=O)NCCCCc2cccc(C3(C(=O)O[C@H]4CN5CCC4CC5)CCCCC3)c2)c(Cl)cc1CNCC(O)c1ccc(O)c2[nH]c(=O)ccc12. The van der Waals surface area contributed by atoms with Gasteiger partial charge in [-0.2, -0.15) is 0 Å². The molecule has 4 aromatic rings. The first-order chi connectivity index (χ1) is 27.1. The van der Waals surface area contributed by atoms with Crippen LogP contribution >= 0.6 is 11.6 Å². The monoisotopic (exact) mass is 784 g/mol. The van der Waals surface area contributed by atoms with E-state index in [2.05, 4.69) is 44.8 Å². The number of carbonyl (C=O) groups excluding carboxylic acids is 2. The summed E-state index contributed by atoms with van der Waals surface area (Å²) < 4.78 is 12.0. The molecule has 5 N–H and O–H groups in total. The second-order valence-electron chi connectivity index (χ2n) is 15.7. The average Bonchev–Trinajstić information content (AvgIpc) is 3.21. The number of halogens is 1. The Balaban J connectivity index is 0.901. The van der Waals surface area contributed by atoms with Crippen LogP contribution in [0, 0.1) is 5.92 Å². The number of nitrogens with one attached hydrogen (secondary N) is 3. The molecule has 1 unspecified atom stereocenters. The van der Waals surface area contributed by atoms with Gasteiger partial charge >= 0.3 is 5.97 Å². The van der Waals surface area contributed by atoms with Crippen molar-refractivity contribution >= 4 is 34.4 Å². The van der Waals surface area contributed by atoms with Crippen LogP contribution in [0.4, 0.5) is 0 Å². The topological polar surface area (TPSA) is 153 Å². The van der Waals surface area contributed by atoms with Crippen molar-refractivity contribution in [2.24, 2.45) is 5.92 Å². The first kappa shape index (κ1) is 39.8. The predicted octanol–water partition coefficient (Wildman–Crippen LogP) is 6.31. The Labute approximate surface area is 332 Å². The van der Waals surface area contributed by atoms with Crippen LogP contribution in [-0.4, -0.2) is 77.9 Å². The lowest BCUT2D eigenvalue weighted by atomic mass is 9.69. The minimum atomic E-state index is -0.934. The zero-order valence-corrected chi connectivity index (χ0v) is 32.8. The number of aromatic hydroxyl groups is 1. The molecule has 12 heteroatoms. The lowest BCUT2D eigenvalue weighted by Gasteiger charge is -2.45. The smallest absolute Gasteiger partial charge is 0.316 e. The Morgan fingerprint density at radius 1 is 1.04 bits per heavy atom. The number of phenolic OH excluding ortho intramolecular Hbond substituents is 1. The number of aromatic nitrogens is 1. The molecule has 3 aliphatic heterocycles. The van der Waals surface area contributed by atoms with Crippen molar-refractivity contribution in [2.75, 3.05) is 39.8 Å². The third-order valence-corrected chi connectivity index (χ3v) is 12.5. The molecule has 8 rings (SSSR count). The van der Waals surface area contributed by atoms with Crippen LogP contribution in [0.15, 0.2) is 65.5 Å². The van der Waals surface area contributed by atoms with Gasteiger partial charge in [-0.15, -0.1) is 0 Å². The molecule has 3 saturated heterocycles. The molecule has 298 valence electrons. The summed E-state index contributed by atoms with van der Waals surface area (Å²) in [5, 5.41) is 28.1. The summed E-state index contributed by atoms with van der Waals surface area (Å²) in [6.07, 6.45) is 8.67. The number of unbranched alkanes of at least 4 members (excludes halogenated alkanes) is 1. The number of methoxy groups -OCH3 is 1. The molecule has 11 nitrogen and oxygen atoms in total. The van der Waals surface area contributed by atoms with Gasteiger partial charge in [0.2, 0.25) is 5.56 Å². The molecule has 0 radical (unpaired) electrons. The van der Waals surface area contributed by atoms with E-state index in [9.17, 15) is 24.6 Å². The van der Waals surface area contributed by atoms with Gasteiger partial charge in [-0.25, -0.2) is 0 Å². The number of aliphatic hydroxyl groups is 1. The molecule has 4 aliphatic rings. The number of piperidine rings is 3. The van der Waals surface area contributed by atoms with Crippen molar-refractivity contribution < 1.29 is 29.3 Å². The number of hydrogen-bond donors (Lipinski definition) is 5. The second-order valence-corrected chi connectivity index (χ2v) is 16.1. The van der Waals surface area contributed by atoms with Gasteiger partial charge in [0.1, 0.15) is 17.6 Å². The minimum absolute atomic E-state index is 0.00866. The van der Waals surface area contributed by atoms with Crippen molar-refractivity contribution in [1.29, 1.82) is 0 Å². The van der Waals surface area contributed by atoms with Crippen molar-refractivity contribution in [1.82, 2.24) is 20.5 Å². The number of rotatable bonds is 15. The zero-order chi connectivity index (χ0) is 39.2. The maximum Gasteiger partial charge on any atom is 0.316 e. The van der Waals surface area contributed by atoms with E-state index in [0.29, 0.717) is 46.8 Å². The van der Waals surface area contributed by atoms with Crippen molar-refractivity contribution in [3.8, 4) is 11.5 Å². The van der Waals surface area contributed by atoms with Crippen LogP contribution in [0.5, 0.6) is 11.5 Å². The quantitative estimate of drug-likeness (QED) is 0.0690. The molecule has 1 saturated carbocycles. The van der Waals surface area contributed by atoms with Crippen LogP contribution < -0.4 is 20.9 Å². The van der Waals surface area contributed by atoms with E-state index in [-0.39, 0.29) is 46.4 Å². The summed E-state index contributed by atoms with van der Waals surface area (Å²) in [5.74, 6) is 0.573. The molecule has 2 atom stereocenters. The van der Waals surface area contributed by atoms with Crippen LogP contribution in [0.2, 0.25) is 5.02 Å². The molecule has 1 aliphatic carbocycles. The third-order valence-electron chi connectivity index (χ3n) is 12.1. The minimum Gasteiger partial charge on any atom is -0.506 e. The molecule has 1 amide bonds. The molecular formula is C44H53ClN4O7. The van der Waals surface area contributed by atoms with Crippen molar-refractivity contribution in [3.05, 3.63) is 104 Å². The van der Waals surface area contributed by atoms with Gasteiger partial charge in [0.05, 0.1) is 34.7 Å². The fourth-order valence-electron chi connectivity index (χ4n) is 8.94. The first-order valence-corrected chi connectivity index (χ1v) is 20.4. The standard InChI is InChI=1S/C44H53ClN4O7/c1-55-38-24-34(35(45)23-30(38)25-46-26-37(51)32-11-13-36(50)41-33(32)12-14-40(52)48-41)42(53)47-19-6-3-8-28-9-7-10-31(22-28)44(17-4-2-5-18-44)43(54)56-39-27-49-20-15-29(39)16-21-49/h7,9-14,22-24,29,37,39,46,50-51H,2-6,8,15-21,25-27H2,1H3,(H,47,53)(H,48,52)/t37?,39-/m0/s1. The summed E-state index contributed by atoms with van der Waals surface area (Å²) in [5.41, 5.74) is 3.19. The number of amides is 1. The average molecular weight is 785 g/mol. The first-order valence-electron chi connectivity index (χ1n) is 20.1.